The fraction of sp³-hybridized carbons (Fsp3) is 0.417. The SMILES string of the molecule is CCC[C@H]1COc2cc(C#N)cc([N+](=O)[O-])c2N1. The number of ether oxygens (including phenoxy) is 1. The summed E-state index contributed by atoms with van der Waals surface area (Å²) < 4.78 is 5.50. The second kappa shape index (κ2) is 4.92. The average Bonchev–Trinajstić information content (AvgIpc) is 2.37. The summed E-state index contributed by atoms with van der Waals surface area (Å²) in [5.74, 6) is 0.383. The lowest BCUT2D eigenvalue weighted by Crippen LogP contribution is -2.31. The number of nitrogens with one attached hydrogen (secondary N) is 1. The van der Waals surface area contributed by atoms with E-state index in [0.717, 1.165) is 12.8 Å². The molecule has 0 saturated carbocycles. The number of nitro groups is 1. The second-order valence-electron chi connectivity index (χ2n) is 4.18. The van der Waals surface area contributed by atoms with Crippen LogP contribution in [0.15, 0.2) is 12.1 Å². The number of fused-ring (bicyclic) bond motifs is 1. The van der Waals surface area contributed by atoms with Gasteiger partial charge in [-0.2, -0.15) is 5.26 Å². The summed E-state index contributed by atoms with van der Waals surface area (Å²) in [5, 5.41) is 23.0. The molecular formula is C12H13N3O3. The topological polar surface area (TPSA) is 88.2 Å². The third-order valence-electron chi connectivity index (χ3n) is 2.83. The molecule has 1 aliphatic rings. The lowest BCUT2D eigenvalue weighted by Gasteiger charge is -2.27. The van der Waals surface area contributed by atoms with E-state index in [-0.39, 0.29) is 17.3 Å². The molecule has 0 amide bonds. The van der Waals surface area contributed by atoms with Crippen LogP contribution in [0.5, 0.6) is 5.75 Å². The van der Waals surface area contributed by atoms with E-state index in [1.807, 2.05) is 13.0 Å². The Morgan fingerprint density at radius 3 is 3.06 bits per heavy atom. The fourth-order valence-electron chi connectivity index (χ4n) is 2.01. The number of rotatable bonds is 3. The highest BCUT2D eigenvalue weighted by Gasteiger charge is 2.27. The van der Waals surface area contributed by atoms with Crippen LogP contribution >= 0.6 is 0 Å². The van der Waals surface area contributed by atoms with Gasteiger partial charge in [-0.05, 0) is 6.42 Å². The molecule has 0 fully saturated rings. The summed E-state index contributed by atoms with van der Waals surface area (Å²) in [6.45, 7) is 2.51. The highest BCUT2D eigenvalue weighted by atomic mass is 16.6. The van der Waals surface area contributed by atoms with Crippen LogP contribution in [0.1, 0.15) is 25.3 Å². The smallest absolute Gasteiger partial charge is 0.297 e. The molecule has 1 aromatic rings. The number of nitriles is 1. The van der Waals surface area contributed by atoms with Crippen LogP contribution in [-0.2, 0) is 0 Å². The van der Waals surface area contributed by atoms with Gasteiger partial charge < -0.3 is 10.1 Å². The van der Waals surface area contributed by atoms with Gasteiger partial charge in [0.25, 0.3) is 5.69 Å². The van der Waals surface area contributed by atoms with Crippen LogP contribution in [0.2, 0.25) is 0 Å². The van der Waals surface area contributed by atoms with Gasteiger partial charge in [0.05, 0.1) is 22.6 Å². The molecule has 18 heavy (non-hydrogen) atoms. The zero-order valence-corrected chi connectivity index (χ0v) is 9.97. The molecule has 1 aliphatic heterocycles. The molecule has 1 N–H and O–H groups in total. The van der Waals surface area contributed by atoms with Crippen molar-refractivity contribution in [3.05, 3.63) is 27.8 Å². The third kappa shape index (κ3) is 2.20. The van der Waals surface area contributed by atoms with Crippen molar-refractivity contribution in [3.8, 4) is 11.8 Å². The summed E-state index contributed by atoms with van der Waals surface area (Å²) in [7, 11) is 0. The number of hydrogen-bond acceptors (Lipinski definition) is 5. The lowest BCUT2D eigenvalue weighted by molar-refractivity contribution is -0.384. The average molecular weight is 247 g/mol. The molecule has 0 aliphatic carbocycles. The first-order valence-corrected chi connectivity index (χ1v) is 5.77. The molecule has 0 saturated heterocycles. The van der Waals surface area contributed by atoms with Crippen molar-refractivity contribution >= 4 is 11.4 Å². The van der Waals surface area contributed by atoms with Gasteiger partial charge in [0, 0.05) is 12.1 Å². The molecule has 0 aromatic heterocycles. The third-order valence-corrected chi connectivity index (χ3v) is 2.83. The van der Waals surface area contributed by atoms with Gasteiger partial charge in [-0.25, -0.2) is 0 Å². The van der Waals surface area contributed by atoms with E-state index in [0.29, 0.717) is 18.0 Å². The maximum Gasteiger partial charge on any atom is 0.297 e. The molecule has 94 valence electrons. The van der Waals surface area contributed by atoms with Crippen molar-refractivity contribution in [1.82, 2.24) is 0 Å². The zero-order valence-electron chi connectivity index (χ0n) is 9.97. The summed E-state index contributed by atoms with van der Waals surface area (Å²) in [5.41, 5.74) is 0.504. The molecule has 6 nitrogen and oxygen atoms in total. The fourth-order valence-corrected chi connectivity index (χ4v) is 2.01. The quantitative estimate of drug-likeness (QED) is 0.654. The Labute approximate surface area is 104 Å². The van der Waals surface area contributed by atoms with E-state index in [1.165, 1.54) is 12.1 Å². The van der Waals surface area contributed by atoms with Gasteiger partial charge in [0.15, 0.2) is 11.4 Å². The lowest BCUT2D eigenvalue weighted by atomic mass is 10.1. The number of hydrogen-bond donors (Lipinski definition) is 1. The Morgan fingerprint density at radius 1 is 1.67 bits per heavy atom. The Hall–Kier alpha value is -2.29. The van der Waals surface area contributed by atoms with Crippen molar-refractivity contribution in [3.63, 3.8) is 0 Å². The van der Waals surface area contributed by atoms with E-state index >= 15 is 0 Å². The van der Waals surface area contributed by atoms with Gasteiger partial charge in [0.2, 0.25) is 0 Å². The van der Waals surface area contributed by atoms with Crippen molar-refractivity contribution in [1.29, 1.82) is 5.26 Å². The number of nitrogens with zero attached hydrogens (tertiary/aromatic N) is 2. The van der Waals surface area contributed by atoms with E-state index < -0.39 is 4.92 Å². The largest absolute Gasteiger partial charge is 0.489 e. The van der Waals surface area contributed by atoms with Crippen molar-refractivity contribution in [2.45, 2.75) is 25.8 Å². The van der Waals surface area contributed by atoms with Gasteiger partial charge in [-0.1, -0.05) is 13.3 Å². The first kappa shape index (κ1) is 12.2. The van der Waals surface area contributed by atoms with E-state index in [2.05, 4.69) is 5.32 Å². The number of nitro benzene ring substituents is 1. The minimum absolute atomic E-state index is 0.0779. The molecule has 1 aromatic carbocycles. The Bertz CT molecular complexity index is 522. The minimum Gasteiger partial charge on any atom is -0.489 e. The summed E-state index contributed by atoms with van der Waals surface area (Å²) in [6.07, 6.45) is 1.86. The normalized spacial score (nSPS) is 17.0. The van der Waals surface area contributed by atoms with Gasteiger partial charge >= 0.3 is 0 Å². The molecule has 0 radical (unpaired) electrons. The number of benzene rings is 1. The highest BCUT2D eigenvalue weighted by molar-refractivity contribution is 5.73. The van der Waals surface area contributed by atoms with Gasteiger partial charge in [-0.15, -0.1) is 0 Å². The van der Waals surface area contributed by atoms with Crippen molar-refractivity contribution in [2.24, 2.45) is 0 Å². The Balaban J connectivity index is 2.42. The highest BCUT2D eigenvalue weighted by Crippen LogP contribution is 2.39. The maximum absolute atomic E-state index is 11.0. The Kier molecular flexibility index (Phi) is 3.33. The first-order valence-electron chi connectivity index (χ1n) is 5.77. The Morgan fingerprint density at radius 2 is 2.44 bits per heavy atom. The van der Waals surface area contributed by atoms with Crippen LogP contribution in [0.25, 0.3) is 0 Å². The minimum atomic E-state index is -0.496. The molecule has 0 spiro atoms. The standard InChI is InChI=1S/C12H13N3O3/c1-2-3-9-7-18-11-5-8(6-13)4-10(15(16)17)12(11)14-9/h4-5,9,14H,2-3,7H2,1H3/t9-/m0/s1. The van der Waals surface area contributed by atoms with E-state index in [1.54, 1.807) is 0 Å². The van der Waals surface area contributed by atoms with Crippen molar-refractivity contribution < 1.29 is 9.66 Å². The van der Waals surface area contributed by atoms with Gasteiger partial charge in [0.1, 0.15) is 6.61 Å². The van der Waals surface area contributed by atoms with E-state index in [9.17, 15) is 10.1 Å². The predicted octanol–water partition coefficient (Wildman–Crippen LogP) is 2.44. The zero-order chi connectivity index (χ0) is 13.1. The summed E-state index contributed by atoms with van der Waals surface area (Å²) >= 11 is 0. The maximum atomic E-state index is 11.0. The molecule has 6 heteroatoms. The monoisotopic (exact) mass is 247 g/mol. The molecule has 2 rings (SSSR count). The van der Waals surface area contributed by atoms with Crippen LogP contribution < -0.4 is 10.1 Å². The second-order valence-corrected chi connectivity index (χ2v) is 4.18. The molecule has 0 bridgehead atoms. The number of anilines is 1. The summed E-state index contributed by atoms with van der Waals surface area (Å²) in [4.78, 5) is 10.5. The van der Waals surface area contributed by atoms with E-state index in [4.69, 9.17) is 10.00 Å². The van der Waals surface area contributed by atoms with Crippen molar-refractivity contribution in [2.75, 3.05) is 11.9 Å². The van der Waals surface area contributed by atoms with Crippen LogP contribution in [-0.4, -0.2) is 17.6 Å². The van der Waals surface area contributed by atoms with Crippen LogP contribution in [0.4, 0.5) is 11.4 Å². The molecule has 1 atom stereocenters. The first-order chi connectivity index (χ1) is 8.65. The summed E-state index contributed by atoms with van der Waals surface area (Å²) in [6, 6.07) is 4.77. The molecule has 1 heterocycles. The van der Waals surface area contributed by atoms with Crippen LogP contribution in [0.3, 0.4) is 0 Å². The van der Waals surface area contributed by atoms with Crippen LogP contribution in [0, 0.1) is 21.4 Å². The molecular weight excluding hydrogens is 234 g/mol. The van der Waals surface area contributed by atoms with Gasteiger partial charge in [-0.3, -0.25) is 10.1 Å². The molecule has 0 unspecified atom stereocenters. The predicted molar refractivity (Wildman–Crippen MR) is 65.6 cm³/mol.